The number of fused-ring (bicyclic) bond motifs is 3. The molecule has 7 aromatic rings. The minimum Gasteiger partial charge on any atom is -0.454 e. The molecule has 5 heteroatoms. The molecule has 0 unspecified atom stereocenters. The summed E-state index contributed by atoms with van der Waals surface area (Å²) in [5.41, 5.74) is 6.48. The van der Waals surface area contributed by atoms with Crippen molar-refractivity contribution in [3.8, 4) is 45.3 Å². The van der Waals surface area contributed by atoms with Gasteiger partial charge in [-0.3, -0.25) is 0 Å². The Morgan fingerprint density at radius 3 is 1.61 bits per heavy atom. The molecule has 0 bridgehead atoms. The molecule has 180 valence electrons. The van der Waals surface area contributed by atoms with Gasteiger partial charge in [0, 0.05) is 27.5 Å². The topological polar surface area (TPSA) is 51.8 Å². The molecular formula is C33H20ClN3O. The van der Waals surface area contributed by atoms with Crippen LogP contribution in [-0.4, -0.2) is 15.0 Å². The summed E-state index contributed by atoms with van der Waals surface area (Å²) in [5.74, 6) is 1.91. The van der Waals surface area contributed by atoms with Crippen molar-refractivity contribution in [1.29, 1.82) is 0 Å². The summed E-state index contributed by atoms with van der Waals surface area (Å²) in [6.07, 6.45) is 0. The van der Waals surface area contributed by atoms with E-state index >= 15 is 0 Å². The second kappa shape index (κ2) is 9.25. The van der Waals surface area contributed by atoms with Crippen LogP contribution in [0.2, 0.25) is 5.02 Å². The highest BCUT2D eigenvalue weighted by Crippen LogP contribution is 2.39. The van der Waals surface area contributed by atoms with Crippen molar-refractivity contribution in [3.63, 3.8) is 0 Å². The first-order chi connectivity index (χ1) is 18.7. The van der Waals surface area contributed by atoms with Crippen molar-refractivity contribution in [1.82, 2.24) is 15.0 Å². The summed E-state index contributed by atoms with van der Waals surface area (Å²) >= 11 is 6.42. The van der Waals surface area contributed by atoms with Crippen LogP contribution in [0.3, 0.4) is 0 Å². The van der Waals surface area contributed by atoms with Crippen LogP contribution in [0.25, 0.3) is 67.2 Å². The SMILES string of the molecule is Clc1cccc2c1oc1cccc(-c3ccc(-c4nc(-c5ccccc5)nc(-c5ccccc5)n4)cc3)c12. The maximum Gasteiger partial charge on any atom is 0.164 e. The molecule has 7 rings (SSSR count). The number of hydrogen-bond donors (Lipinski definition) is 0. The van der Waals surface area contributed by atoms with Crippen molar-refractivity contribution < 1.29 is 4.42 Å². The van der Waals surface area contributed by atoms with E-state index < -0.39 is 0 Å². The second-order valence-corrected chi connectivity index (χ2v) is 9.42. The molecule has 0 N–H and O–H groups in total. The largest absolute Gasteiger partial charge is 0.454 e. The molecule has 5 aromatic carbocycles. The lowest BCUT2D eigenvalue weighted by molar-refractivity contribution is 0.669. The van der Waals surface area contributed by atoms with Crippen LogP contribution >= 0.6 is 11.6 Å². The fourth-order valence-electron chi connectivity index (χ4n) is 4.79. The maximum absolute atomic E-state index is 6.42. The molecule has 0 saturated carbocycles. The number of hydrogen-bond acceptors (Lipinski definition) is 4. The van der Waals surface area contributed by atoms with Gasteiger partial charge in [-0.25, -0.2) is 15.0 Å². The predicted octanol–water partition coefficient (Wildman–Crippen LogP) is 9.09. The third-order valence-electron chi connectivity index (χ3n) is 6.63. The van der Waals surface area contributed by atoms with Crippen LogP contribution in [-0.2, 0) is 0 Å². The Kier molecular flexibility index (Phi) is 5.46. The Morgan fingerprint density at radius 1 is 0.474 bits per heavy atom. The maximum atomic E-state index is 6.42. The molecule has 0 fully saturated rings. The summed E-state index contributed by atoms with van der Waals surface area (Å²) in [7, 11) is 0. The summed E-state index contributed by atoms with van der Waals surface area (Å²) in [6, 6.07) is 40.2. The van der Waals surface area contributed by atoms with Crippen LogP contribution < -0.4 is 0 Å². The number of rotatable bonds is 4. The average molecular weight is 510 g/mol. The number of halogens is 1. The Hall–Kier alpha value is -4.80. The van der Waals surface area contributed by atoms with Gasteiger partial charge < -0.3 is 4.42 Å². The fraction of sp³-hybridized carbons (Fsp3) is 0. The number of para-hydroxylation sites is 1. The van der Waals surface area contributed by atoms with E-state index in [1.807, 2.05) is 91.0 Å². The number of furan rings is 1. The lowest BCUT2D eigenvalue weighted by Crippen LogP contribution is -2.00. The first-order valence-electron chi connectivity index (χ1n) is 12.3. The second-order valence-electron chi connectivity index (χ2n) is 9.01. The number of aromatic nitrogens is 3. The van der Waals surface area contributed by atoms with Gasteiger partial charge in [0.05, 0.1) is 5.02 Å². The van der Waals surface area contributed by atoms with E-state index in [1.165, 1.54) is 0 Å². The van der Waals surface area contributed by atoms with Crippen LogP contribution in [0.15, 0.2) is 126 Å². The van der Waals surface area contributed by atoms with Crippen molar-refractivity contribution in [2.45, 2.75) is 0 Å². The zero-order chi connectivity index (χ0) is 25.5. The van der Waals surface area contributed by atoms with Crippen molar-refractivity contribution in [2.24, 2.45) is 0 Å². The summed E-state index contributed by atoms with van der Waals surface area (Å²) in [4.78, 5) is 14.5. The Labute approximate surface area is 224 Å². The van der Waals surface area contributed by atoms with Crippen LogP contribution in [0.5, 0.6) is 0 Å². The molecule has 0 aliphatic rings. The lowest BCUT2D eigenvalue weighted by Gasteiger charge is -2.09. The molecule has 0 aliphatic heterocycles. The quantitative estimate of drug-likeness (QED) is 0.237. The standard InChI is InChI=1S/C33H20ClN3O/c34-27-15-7-14-26-29-25(13-8-16-28(29)38-30(26)27)21-17-19-24(20-18-21)33-36-31(22-9-3-1-4-10-22)35-32(37-33)23-11-5-2-6-12-23/h1-20H. The minimum absolute atomic E-state index is 0.610. The molecule has 38 heavy (non-hydrogen) atoms. The van der Waals surface area contributed by atoms with Gasteiger partial charge in [0.2, 0.25) is 0 Å². The summed E-state index contributed by atoms with van der Waals surface area (Å²) < 4.78 is 6.09. The molecule has 0 radical (unpaired) electrons. The monoisotopic (exact) mass is 509 g/mol. The highest BCUT2D eigenvalue weighted by molar-refractivity contribution is 6.36. The summed E-state index contributed by atoms with van der Waals surface area (Å²) in [6.45, 7) is 0. The van der Waals surface area contributed by atoms with Gasteiger partial charge >= 0.3 is 0 Å². The molecule has 0 atom stereocenters. The number of benzene rings is 5. The molecule has 0 amide bonds. The van der Waals surface area contributed by atoms with Crippen LogP contribution in [0, 0.1) is 0 Å². The van der Waals surface area contributed by atoms with Crippen molar-refractivity contribution >= 4 is 33.5 Å². The van der Waals surface area contributed by atoms with E-state index in [-0.39, 0.29) is 0 Å². The van der Waals surface area contributed by atoms with E-state index in [9.17, 15) is 0 Å². The van der Waals surface area contributed by atoms with Gasteiger partial charge in [0.1, 0.15) is 5.58 Å². The van der Waals surface area contributed by atoms with Gasteiger partial charge in [-0.05, 0) is 23.3 Å². The van der Waals surface area contributed by atoms with E-state index in [0.29, 0.717) is 28.1 Å². The average Bonchev–Trinajstić information content (AvgIpc) is 3.38. The van der Waals surface area contributed by atoms with E-state index in [4.69, 9.17) is 31.0 Å². The predicted molar refractivity (Wildman–Crippen MR) is 154 cm³/mol. The molecule has 4 nitrogen and oxygen atoms in total. The first-order valence-corrected chi connectivity index (χ1v) is 12.7. The fourth-order valence-corrected chi connectivity index (χ4v) is 5.00. The smallest absolute Gasteiger partial charge is 0.164 e. The van der Waals surface area contributed by atoms with Gasteiger partial charge in [-0.15, -0.1) is 0 Å². The Bertz CT molecular complexity index is 1860. The van der Waals surface area contributed by atoms with Crippen LogP contribution in [0.4, 0.5) is 0 Å². The zero-order valence-corrected chi connectivity index (χ0v) is 20.9. The molecule has 2 heterocycles. The van der Waals surface area contributed by atoms with Gasteiger partial charge in [0.25, 0.3) is 0 Å². The Balaban J connectivity index is 1.35. The van der Waals surface area contributed by atoms with Gasteiger partial charge in [-0.1, -0.05) is 121 Å². The van der Waals surface area contributed by atoms with Crippen LogP contribution in [0.1, 0.15) is 0 Å². The molecule has 0 aliphatic carbocycles. The van der Waals surface area contributed by atoms with E-state index in [1.54, 1.807) is 0 Å². The highest BCUT2D eigenvalue weighted by Gasteiger charge is 2.15. The number of nitrogens with zero attached hydrogens (tertiary/aromatic N) is 3. The highest BCUT2D eigenvalue weighted by atomic mass is 35.5. The van der Waals surface area contributed by atoms with Gasteiger partial charge in [0.15, 0.2) is 23.1 Å². The first kappa shape index (κ1) is 22.4. The lowest BCUT2D eigenvalue weighted by atomic mass is 9.98. The molecule has 2 aromatic heterocycles. The molecular weight excluding hydrogens is 490 g/mol. The Morgan fingerprint density at radius 2 is 1.00 bits per heavy atom. The third kappa shape index (κ3) is 3.92. The normalized spacial score (nSPS) is 11.3. The molecule has 0 saturated heterocycles. The molecule has 0 spiro atoms. The minimum atomic E-state index is 0.610. The third-order valence-corrected chi connectivity index (χ3v) is 6.93. The zero-order valence-electron chi connectivity index (χ0n) is 20.2. The van der Waals surface area contributed by atoms with Crippen molar-refractivity contribution in [3.05, 3.63) is 126 Å². The van der Waals surface area contributed by atoms with E-state index in [2.05, 4.69) is 30.3 Å². The van der Waals surface area contributed by atoms with Gasteiger partial charge in [-0.2, -0.15) is 0 Å². The van der Waals surface area contributed by atoms with Crippen molar-refractivity contribution in [2.75, 3.05) is 0 Å². The summed E-state index contributed by atoms with van der Waals surface area (Å²) in [5, 5.41) is 2.67. The van der Waals surface area contributed by atoms with E-state index in [0.717, 1.165) is 44.2 Å².